The smallest absolute Gasteiger partial charge is 0.412 e. The maximum absolute atomic E-state index is 11.8. The van der Waals surface area contributed by atoms with Gasteiger partial charge < -0.3 is 14.6 Å². The van der Waals surface area contributed by atoms with E-state index in [1.54, 1.807) is 0 Å². The summed E-state index contributed by atoms with van der Waals surface area (Å²) >= 11 is 0. The standard InChI is InChI=1S/C16H19NO5/c1-11-9-13(7-8-21-11)14(15(18)19)17-16(20)22-10-12-5-3-2-4-6-12/h2-6,11H,7-10H2,1H3,(H,17,20)(H,18,19). The predicted molar refractivity (Wildman–Crippen MR) is 79.1 cm³/mol. The molecule has 1 fully saturated rings. The lowest BCUT2D eigenvalue weighted by Gasteiger charge is -2.23. The minimum Gasteiger partial charge on any atom is -0.477 e. The molecule has 1 atom stereocenters. The fourth-order valence-electron chi connectivity index (χ4n) is 2.27. The zero-order valence-electron chi connectivity index (χ0n) is 12.4. The summed E-state index contributed by atoms with van der Waals surface area (Å²) in [6.07, 6.45) is 0.152. The number of nitrogens with one attached hydrogen (secondary N) is 1. The molecule has 1 unspecified atom stereocenters. The van der Waals surface area contributed by atoms with Crippen molar-refractivity contribution in [3.05, 3.63) is 47.2 Å². The van der Waals surface area contributed by atoms with Gasteiger partial charge in [-0.2, -0.15) is 0 Å². The lowest BCUT2D eigenvalue weighted by atomic mass is 10.0. The molecule has 2 N–H and O–H groups in total. The molecule has 6 heteroatoms. The number of benzene rings is 1. The molecule has 2 rings (SSSR count). The van der Waals surface area contributed by atoms with E-state index in [0.29, 0.717) is 25.0 Å². The van der Waals surface area contributed by atoms with Crippen LogP contribution in [0.2, 0.25) is 0 Å². The van der Waals surface area contributed by atoms with Crippen LogP contribution in [-0.2, 0) is 20.9 Å². The van der Waals surface area contributed by atoms with Gasteiger partial charge in [0.15, 0.2) is 0 Å². The molecule has 22 heavy (non-hydrogen) atoms. The molecule has 1 aliphatic heterocycles. The topological polar surface area (TPSA) is 84.9 Å². The van der Waals surface area contributed by atoms with E-state index in [9.17, 15) is 14.7 Å². The molecule has 0 aromatic heterocycles. The van der Waals surface area contributed by atoms with E-state index in [1.807, 2.05) is 37.3 Å². The molecule has 0 saturated carbocycles. The number of carboxylic acids is 1. The van der Waals surface area contributed by atoms with Crippen molar-refractivity contribution in [3.8, 4) is 0 Å². The van der Waals surface area contributed by atoms with Gasteiger partial charge in [0, 0.05) is 0 Å². The summed E-state index contributed by atoms with van der Waals surface area (Å²) in [4.78, 5) is 23.1. The first-order valence-electron chi connectivity index (χ1n) is 7.11. The fraction of sp³-hybridized carbons (Fsp3) is 0.375. The number of carboxylic acid groups (broad SMARTS) is 1. The van der Waals surface area contributed by atoms with Crippen molar-refractivity contribution in [2.24, 2.45) is 0 Å². The highest BCUT2D eigenvalue weighted by atomic mass is 16.5. The Kier molecular flexibility index (Phi) is 5.55. The zero-order chi connectivity index (χ0) is 15.9. The maximum Gasteiger partial charge on any atom is 0.412 e. The highest BCUT2D eigenvalue weighted by molar-refractivity contribution is 5.91. The molecule has 1 amide bonds. The first kappa shape index (κ1) is 16.0. The van der Waals surface area contributed by atoms with Crippen molar-refractivity contribution in [2.75, 3.05) is 6.61 Å². The number of hydrogen-bond donors (Lipinski definition) is 2. The average Bonchev–Trinajstić information content (AvgIpc) is 2.51. The van der Waals surface area contributed by atoms with Gasteiger partial charge in [0.2, 0.25) is 0 Å². The number of carbonyl (C=O) groups is 2. The highest BCUT2D eigenvalue weighted by Gasteiger charge is 2.22. The zero-order valence-corrected chi connectivity index (χ0v) is 12.4. The van der Waals surface area contributed by atoms with Gasteiger partial charge in [-0.25, -0.2) is 9.59 Å². The van der Waals surface area contributed by atoms with E-state index in [1.165, 1.54) is 0 Å². The predicted octanol–water partition coefficient (Wildman–Crippen LogP) is 2.45. The van der Waals surface area contributed by atoms with Gasteiger partial charge in [-0.3, -0.25) is 5.32 Å². The van der Waals surface area contributed by atoms with Crippen molar-refractivity contribution in [1.82, 2.24) is 5.32 Å². The van der Waals surface area contributed by atoms with Gasteiger partial charge in [0.25, 0.3) is 0 Å². The van der Waals surface area contributed by atoms with Crippen LogP contribution in [-0.4, -0.2) is 29.9 Å². The van der Waals surface area contributed by atoms with Crippen LogP contribution in [0.4, 0.5) is 4.79 Å². The van der Waals surface area contributed by atoms with Gasteiger partial charge in [-0.05, 0) is 30.9 Å². The summed E-state index contributed by atoms with van der Waals surface area (Å²) in [7, 11) is 0. The average molecular weight is 305 g/mol. The Morgan fingerprint density at radius 1 is 1.36 bits per heavy atom. The number of hydrogen-bond acceptors (Lipinski definition) is 4. The molecule has 6 nitrogen and oxygen atoms in total. The van der Waals surface area contributed by atoms with E-state index in [4.69, 9.17) is 9.47 Å². The third kappa shape index (κ3) is 4.60. The molecule has 1 heterocycles. The van der Waals surface area contributed by atoms with E-state index >= 15 is 0 Å². The Hall–Kier alpha value is -2.34. The Balaban J connectivity index is 1.97. The van der Waals surface area contributed by atoms with Crippen LogP contribution in [0.25, 0.3) is 0 Å². The van der Waals surface area contributed by atoms with Crippen molar-refractivity contribution in [1.29, 1.82) is 0 Å². The van der Waals surface area contributed by atoms with Crippen molar-refractivity contribution in [3.63, 3.8) is 0 Å². The normalized spacial score (nSPS) is 20.1. The summed E-state index contributed by atoms with van der Waals surface area (Å²) in [5, 5.41) is 11.6. The van der Waals surface area contributed by atoms with Crippen molar-refractivity contribution in [2.45, 2.75) is 32.5 Å². The van der Waals surface area contributed by atoms with Crippen molar-refractivity contribution < 1.29 is 24.2 Å². The highest BCUT2D eigenvalue weighted by Crippen LogP contribution is 2.21. The molecule has 0 radical (unpaired) electrons. The SMILES string of the molecule is CC1CC(=C(NC(=O)OCc2ccccc2)C(=O)O)CCO1. The summed E-state index contributed by atoms with van der Waals surface area (Å²) in [5.41, 5.74) is 1.40. The molecular formula is C16H19NO5. The van der Waals surface area contributed by atoms with Crippen LogP contribution in [0.15, 0.2) is 41.6 Å². The molecule has 1 aliphatic rings. The second-order valence-electron chi connectivity index (χ2n) is 5.11. The maximum atomic E-state index is 11.8. The monoisotopic (exact) mass is 305 g/mol. The molecular weight excluding hydrogens is 286 g/mol. The molecule has 0 bridgehead atoms. The molecule has 1 aromatic rings. The Morgan fingerprint density at radius 2 is 2.09 bits per heavy atom. The van der Waals surface area contributed by atoms with Crippen LogP contribution in [0.3, 0.4) is 0 Å². The number of amides is 1. The van der Waals surface area contributed by atoms with E-state index in [0.717, 1.165) is 5.56 Å². The van der Waals surface area contributed by atoms with E-state index in [-0.39, 0.29) is 18.4 Å². The third-order valence-electron chi connectivity index (χ3n) is 3.35. The minimum atomic E-state index is -1.17. The van der Waals surface area contributed by atoms with E-state index < -0.39 is 12.1 Å². The number of ether oxygens (including phenoxy) is 2. The van der Waals surface area contributed by atoms with Crippen LogP contribution in [0.5, 0.6) is 0 Å². The number of carbonyl (C=O) groups excluding carboxylic acids is 1. The summed E-state index contributed by atoms with van der Waals surface area (Å²) in [6.45, 7) is 2.41. The van der Waals surface area contributed by atoms with Crippen LogP contribution < -0.4 is 5.32 Å². The molecule has 1 saturated heterocycles. The molecule has 1 aromatic carbocycles. The van der Waals surface area contributed by atoms with Gasteiger partial charge >= 0.3 is 12.1 Å². The van der Waals surface area contributed by atoms with Gasteiger partial charge in [-0.1, -0.05) is 30.3 Å². The lowest BCUT2D eigenvalue weighted by Crippen LogP contribution is -2.31. The number of alkyl carbamates (subject to hydrolysis) is 1. The summed E-state index contributed by atoms with van der Waals surface area (Å²) < 4.78 is 10.4. The van der Waals surface area contributed by atoms with Crippen LogP contribution in [0.1, 0.15) is 25.3 Å². The molecule has 0 aliphatic carbocycles. The quantitative estimate of drug-likeness (QED) is 0.835. The minimum absolute atomic E-state index is 0.0553. The van der Waals surface area contributed by atoms with Gasteiger partial charge in [0.1, 0.15) is 12.3 Å². The Labute approximate surface area is 128 Å². The Bertz CT molecular complexity index is 567. The lowest BCUT2D eigenvalue weighted by molar-refractivity contribution is -0.133. The summed E-state index contributed by atoms with van der Waals surface area (Å²) in [6, 6.07) is 9.19. The first-order valence-corrected chi connectivity index (χ1v) is 7.11. The largest absolute Gasteiger partial charge is 0.477 e. The Morgan fingerprint density at radius 3 is 2.73 bits per heavy atom. The van der Waals surface area contributed by atoms with Crippen molar-refractivity contribution >= 4 is 12.1 Å². The van der Waals surface area contributed by atoms with E-state index in [2.05, 4.69) is 5.32 Å². The fourth-order valence-corrected chi connectivity index (χ4v) is 2.27. The van der Waals surface area contributed by atoms with Crippen LogP contribution >= 0.6 is 0 Å². The second-order valence-corrected chi connectivity index (χ2v) is 5.11. The van der Waals surface area contributed by atoms with Crippen LogP contribution in [0, 0.1) is 0 Å². The van der Waals surface area contributed by atoms with Gasteiger partial charge in [-0.15, -0.1) is 0 Å². The number of rotatable bonds is 4. The number of aliphatic carboxylic acids is 1. The third-order valence-corrected chi connectivity index (χ3v) is 3.35. The molecule has 118 valence electrons. The summed E-state index contributed by atoms with van der Waals surface area (Å²) in [5.74, 6) is -1.17. The van der Waals surface area contributed by atoms with Gasteiger partial charge in [0.05, 0.1) is 12.7 Å². The molecule has 0 spiro atoms. The second kappa shape index (κ2) is 7.61. The first-order chi connectivity index (χ1) is 10.6.